The third kappa shape index (κ3) is 3.32. The third-order valence-electron chi connectivity index (χ3n) is 4.56. The summed E-state index contributed by atoms with van der Waals surface area (Å²) >= 11 is 0. The molecule has 1 atom stereocenters. The van der Waals surface area contributed by atoms with Crippen molar-refractivity contribution >= 4 is 11.9 Å². The number of amides is 3. The van der Waals surface area contributed by atoms with Gasteiger partial charge in [0.25, 0.3) is 5.91 Å². The van der Waals surface area contributed by atoms with Gasteiger partial charge in [0.1, 0.15) is 5.54 Å². The maximum atomic E-state index is 12.8. The van der Waals surface area contributed by atoms with Gasteiger partial charge in [-0.3, -0.25) is 9.69 Å². The van der Waals surface area contributed by atoms with Gasteiger partial charge in [-0.1, -0.05) is 60.2 Å². The molecule has 4 heteroatoms. The highest BCUT2D eigenvalue weighted by Crippen LogP contribution is 2.24. The number of hydrogen-bond acceptors (Lipinski definition) is 2. The zero-order chi connectivity index (χ0) is 17.2. The van der Waals surface area contributed by atoms with Gasteiger partial charge in [0.15, 0.2) is 0 Å². The molecule has 1 N–H and O–H groups in total. The Morgan fingerprint density at radius 2 is 1.62 bits per heavy atom. The van der Waals surface area contributed by atoms with Crippen molar-refractivity contribution in [2.24, 2.45) is 0 Å². The van der Waals surface area contributed by atoms with E-state index in [9.17, 15) is 9.59 Å². The molecular formula is C20H22N2O2. The van der Waals surface area contributed by atoms with E-state index in [-0.39, 0.29) is 11.9 Å². The summed E-state index contributed by atoms with van der Waals surface area (Å²) in [5.74, 6) is -0.149. The van der Waals surface area contributed by atoms with E-state index in [1.54, 1.807) is 0 Å². The van der Waals surface area contributed by atoms with Crippen molar-refractivity contribution in [3.63, 3.8) is 0 Å². The second-order valence-electron chi connectivity index (χ2n) is 6.62. The summed E-state index contributed by atoms with van der Waals surface area (Å²) in [5, 5.41) is 2.87. The Kier molecular flexibility index (Phi) is 4.38. The molecule has 1 unspecified atom stereocenters. The fraction of sp³-hybridized carbons (Fsp3) is 0.300. The number of hydrogen-bond donors (Lipinski definition) is 1. The van der Waals surface area contributed by atoms with E-state index in [0.29, 0.717) is 13.0 Å². The highest BCUT2D eigenvalue weighted by atomic mass is 16.2. The average Bonchev–Trinajstić information content (AvgIpc) is 2.80. The molecule has 1 heterocycles. The van der Waals surface area contributed by atoms with Crippen LogP contribution >= 0.6 is 0 Å². The number of nitrogens with zero attached hydrogens (tertiary/aromatic N) is 1. The first kappa shape index (κ1) is 16.2. The van der Waals surface area contributed by atoms with E-state index in [2.05, 4.69) is 5.32 Å². The van der Waals surface area contributed by atoms with Gasteiger partial charge in [0, 0.05) is 0 Å². The molecule has 1 fully saturated rings. The van der Waals surface area contributed by atoms with Crippen molar-refractivity contribution in [1.82, 2.24) is 10.2 Å². The Bertz CT molecular complexity index is 740. The van der Waals surface area contributed by atoms with Crippen LogP contribution in [0, 0.1) is 6.92 Å². The van der Waals surface area contributed by atoms with Crippen LogP contribution in [-0.4, -0.2) is 22.4 Å². The number of rotatable bonds is 5. The van der Waals surface area contributed by atoms with Crippen molar-refractivity contribution in [2.75, 3.05) is 0 Å². The molecule has 124 valence electrons. The van der Waals surface area contributed by atoms with E-state index in [1.807, 2.05) is 68.4 Å². The van der Waals surface area contributed by atoms with E-state index in [4.69, 9.17) is 0 Å². The Labute approximate surface area is 142 Å². The van der Waals surface area contributed by atoms with Crippen LogP contribution in [0.25, 0.3) is 0 Å². The molecule has 1 saturated heterocycles. The predicted octanol–water partition coefficient (Wildman–Crippen LogP) is 3.44. The topological polar surface area (TPSA) is 49.4 Å². The van der Waals surface area contributed by atoms with Crippen LogP contribution in [-0.2, 0) is 17.8 Å². The van der Waals surface area contributed by atoms with Crippen LogP contribution in [0.4, 0.5) is 4.79 Å². The third-order valence-corrected chi connectivity index (χ3v) is 4.56. The normalized spacial score (nSPS) is 20.3. The van der Waals surface area contributed by atoms with E-state index < -0.39 is 5.54 Å². The van der Waals surface area contributed by atoms with Crippen LogP contribution in [0.1, 0.15) is 30.0 Å². The number of carbonyl (C=O) groups excluding carboxylic acids is 2. The molecule has 0 aliphatic carbocycles. The van der Waals surface area contributed by atoms with Gasteiger partial charge in [-0.2, -0.15) is 0 Å². The second-order valence-corrected chi connectivity index (χ2v) is 6.62. The van der Waals surface area contributed by atoms with Crippen molar-refractivity contribution in [3.8, 4) is 0 Å². The molecule has 0 saturated carbocycles. The van der Waals surface area contributed by atoms with Gasteiger partial charge in [0.05, 0.1) is 6.54 Å². The quantitative estimate of drug-likeness (QED) is 0.857. The number of urea groups is 1. The zero-order valence-electron chi connectivity index (χ0n) is 14.1. The largest absolute Gasteiger partial charge is 0.325 e. The van der Waals surface area contributed by atoms with Crippen LogP contribution in [0.3, 0.4) is 0 Å². The summed E-state index contributed by atoms with van der Waals surface area (Å²) in [7, 11) is 0. The summed E-state index contributed by atoms with van der Waals surface area (Å²) < 4.78 is 0. The lowest BCUT2D eigenvalue weighted by atomic mass is 9.93. The number of benzene rings is 2. The Morgan fingerprint density at radius 3 is 2.29 bits per heavy atom. The van der Waals surface area contributed by atoms with Gasteiger partial charge in [-0.15, -0.1) is 0 Å². The minimum absolute atomic E-state index is 0.149. The lowest BCUT2D eigenvalue weighted by molar-refractivity contribution is -0.131. The molecule has 0 bridgehead atoms. The summed E-state index contributed by atoms with van der Waals surface area (Å²) in [6, 6.07) is 17.6. The molecule has 0 radical (unpaired) electrons. The first-order valence-corrected chi connectivity index (χ1v) is 8.21. The standard InChI is InChI=1S/C20H22N2O2/c1-15-8-10-17(11-9-15)14-22-18(23)20(2,21-19(22)24)13-12-16-6-4-3-5-7-16/h3-11H,12-14H2,1-2H3,(H,21,24). The van der Waals surface area contributed by atoms with Crippen LogP contribution in [0.15, 0.2) is 54.6 Å². The molecule has 0 aromatic heterocycles. The first-order chi connectivity index (χ1) is 11.5. The van der Waals surface area contributed by atoms with E-state index in [0.717, 1.165) is 23.1 Å². The average molecular weight is 322 g/mol. The summed E-state index contributed by atoms with van der Waals surface area (Å²) in [6.45, 7) is 4.13. The summed E-state index contributed by atoms with van der Waals surface area (Å²) in [6.07, 6.45) is 1.34. The number of nitrogens with one attached hydrogen (secondary N) is 1. The highest BCUT2D eigenvalue weighted by Gasteiger charge is 2.47. The molecule has 4 nitrogen and oxygen atoms in total. The summed E-state index contributed by atoms with van der Waals surface area (Å²) in [5.41, 5.74) is 2.44. The van der Waals surface area contributed by atoms with Crippen LogP contribution < -0.4 is 5.32 Å². The summed E-state index contributed by atoms with van der Waals surface area (Å²) in [4.78, 5) is 26.4. The monoisotopic (exact) mass is 322 g/mol. The minimum Gasteiger partial charge on any atom is -0.323 e. The smallest absolute Gasteiger partial charge is 0.323 e. The first-order valence-electron chi connectivity index (χ1n) is 8.21. The fourth-order valence-electron chi connectivity index (χ4n) is 2.98. The maximum absolute atomic E-state index is 12.8. The van der Waals surface area contributed by atoms with Crippen LogP contribution in [0.5, 0.6) is 0 Å². The SMILES string of the molecule is Cc1ccc(CN2C(=O)NC(C)(CCc3ccccc3)C2=O)cc1. The fourth-order valence-corrected chi connectivity index (χ4v) is 2.98. The lowest BCUT2D eigenvalue weighted by Crippen LogP contribution is -2.44. The highest BCUT2D eigenvalue weighted by molar-refractivity contribution is 6.06. The molecule has 0 spiro atoms. The Hall–Kier alpha value is -2.62. The minimum atomic E-state index is -0.836. The maximum Gasteiger partial charge on any atom is 0.325 e. The van der Waals surface area contributed by atoms with Gasteiger partial charge < -0.3 is 5.32 Å². The van der Waals surface area contributed by atoms with Gasteiger partial charge >= 0.3 is 6.03 Å². The molecule has 3 rings (SSSR count). The molecule has 24 heavy (non-hydrogen) atoms. The number of imide groups is 1. The molecule has 3 amide bonds. The molecule has 2 aromatic carbocycles. The van der Waals surface area contributed by atoms with Crippen molar-refractivity contribution in [1.29, 1.82) is 0 Å². The molecule has 1 aliphatic rings. The van der Waals surface area contributed by atoms with Gasteiger partial charge in [0.2, 0.25) is 0 Å². The van der Waals surface area contributed by atoms with Crippen molar-refractivity contribution in [3.05, 3.63) is 71.3 Å². The van der Waals surface area contributed by atoms with Gasteiger partial charge in [-0.05, 0) is 37.8 Å². The zero-order valence-corrected chi connectivity index (χ0v) is 14.1. The van der Waals surface area contributed by atoms with Crippen molar-refractivity contribution < 1.29 is 9.59 Å². The number of aryl methyl sites for hydroxylation is 2. The van der Waals surface area contributed by atoms with Crippen molar-refractivity contribution in [2.45, 2.75) is 38.8 Å². The Morgan fingerprint density at radius 1 is 0.958 bits per heavy atom. The van der Waals surface area contributed by atoms with E-state index >= 15 is 0 Å². The van der Waals surface area contributed by atoms with Crippen LogP contribution in [0.2, 0.25) is 0 Å². The lowest BCUT2D eigenvalue weighted by Gasteiger charge is -2.21. The molecule has 1 aliphatic heterocycles. The predicted molar refractivity (Wildman–Crippen MR) is 93.4 cm³/mol. The number of carbonyl (C=O) groups is 2. The molecular weight excluding hydrogens is 300 g/mol. The second kappa shape index (κ2) is 6.48. The van der Waals surface area contributed by atoms with E-state index in [1.165, 1.54) is 4.90 Å². The molecule has 2 aromatic rings. The Balaban J connectivity index is 1.69. The van der Waals surface area contributed by atoms with Gasteiger partial charge in [-0.25, -0.2) is 4.79 Å².